The number of hydrogen-bond acceptors (Lipinski definition) is 3. The molecule has 0 aromatic carbocycles. The summed E-state index contributed by atoms with van der Waals surface area (Å²) in [4.78, 5) is 12.2. The number of aliphatic hydroxyl groups excluding tert-OH is 1. The molecule has 3 heteroatoms. The molecule has 0 bridgehead atoms. The normalized spacial score (nSPS) is 41.5. The molecule has 0 amide bonds. The first-order valence-electron chi connectivity index (χ1n) is 7.18. The molecule has 2 rings (SSSR count). The Bertz CT molecular complexity index is 399. The maximum Gasteiger partial charge on any atom is 0.313 e. The summed E-state index contributed by atoms with van der Waals surface area (Å²) in [5.74, 6) is -0.280. The summed E-state index contributed by atoms with van der Waals surface area (Å²) in [6, 6.07) is 0. The Morgan fingerprint density at radius 3 is 2.58 bits per heavy atom. The number of rotatable bonds is 1. The third-order valence-corrected chi connectivity index (χ3v) is 5.63. The fraction of sp³-hybridized carbons (Fsp3) is 0.812. The van der Waals surface area contributed by atoms with Crippen LogP contribution in [-0.2, 0) is 9.53 Å². The molecule has 2 saturated carbocycles. The van der Waals surface area contributed by atoms with E-state index in [1.165, 1.54) is 7.11 Å². The lowest BCUT2D eigenvalue weighted by atomic mass is 9.47. The lowest BCUT2D eigenvalue weighted by Crippen LogP contribution is -2.55. The number of ether oxygens (including phenoxy) is 1. The molecule has 108 valence electrons. The Morgan fingerprint density at radius 1 is 1.37 bits per heavy atom. The first kappa shape index (κ1) is 14.6. The van der Waals surface area contributed by atoms with Crippen molar-refractivity contribution in [2.24, 2.45) is 22.7 Å². The van der Waals surface area contributed by atoms with Crippen LogP contribution in [0.4, 0.5) is 0 Å². The molecular formula is C16H26O3. The van der Waals surface area contributed by atoms with Crippen LogP contribution in [0.2, 0.25) is 0 Å². The fourth-order valence-electron chi connectivity index (χ4n) is 4.63. The minimum atomic E-state index is -0.584. The van der Waals surface area contributed by atoms with Gasteiger partial charge >= 0.3 is 5.97 Å². The third-order valence-electron chi connectivity index (χ3n) is 5.63. The second-order valence-electron chi connectivity index (χ2n) is 7.18. The molecule has 0 aromatic rings. The van der Waals surface area contributed by atoms with E-state index < -0.39 is 6.10 Å². The molecule has 0 heterocycles. The van der Waals surface area contributed by atoms with E-state index in [1.54, 1.807) is 0 Å². The minimum Gasteiger partial charge on any atom is -0.469 e. The molecular weight excluding hydrogens is 240 g/mol. The van der Waals surface area contributed by atoms with Crippen LogP contribution < -0.4 is 0 Å². The number of methoxy groups -OCH3 is 1. The first-order chi connectivity index (χ1) is 8.74. The molecule has 0 aromatic heterocycles. The highest BCUT2D eigenvalue weighted by molar-refractivity contribution is 5.77. The minimum absolute atomic E-state index is 0.134. The van der Waals surface area contributed by atoms with E-state index >= 15 is 0 Å². The summed E-state index contributed by atoms with van der Waals surface area (Å²) in [5.41, 5.74) is 0.662. The number of fused-ring (bicyclic) bond motifs is 1. The van der Waals surface area contributed by atoms with E-state index in [9.17, 15) is 9.90 Å². The number of hydrogen-bond donors (Lipinski definition) is 1. The zero-order valence-electron chi connectivity index (χ0n) is 12.5. The van der Waals surface area contributed by atoms with Crippen molar-refractivity contribution in [2.45, 2.75) is 52.6 Å². The molecule has 3 nitrogen and oxygen atoms in total. The van der Waals surface area contributed by atoms with Gasteiger partial charge < -0.3 is 9.84 Å². The number of carbonyl (C=O) groups is 1. The molecule has 0 saturated heterocycles. The molecule has 0 aliphatic heterocycles. The lowest BCUT2D eigenvalue weighted by molar-refractivity contribution is -0.160. The van der Waals surface area contributed by atoms with Crippen LogP contribution in [0.15, 0.2) is 12.2 Å². The van der Waals surface area contributed by atoms with Crippen molar-refractivity contribution in [1.82, 2.24) is 0 Å². The maximum absolute atomic E-state index is 12.2. The SMILES string of the molecule is C=C1C(O)CC2C(C)(C)CCCC2(C)C1C(=O)OC. The van der Waals surface area contributed by atoms with Gasteiger partial charge in [-0.15, -0.1) is 0 Å². The number of aliphatic hydroxyl groups is 1. The summed E-state index contributed by atoms with van der Waals surface area (Å²) < 4.78 is 4.98. The van der Waals surface area contributed by atoms with Gasteiger partial charge in [0.1, 0.15) is 0 Å². The van der Waals surface area contributed by atoms with Crippen LogP contribution >= 0.6 is 0 Å². The maximum atomic E-state index is 12.2. The van der Waals surface area contributed by atoms with Gasteiger partial charge in [-0.2, -0.15) is 0 Å². The van der Waals surface area contributed by atoms with Crippen molar-refractivity contribution in [1.29, 1.82) is 0 Å². The van der Waals surface area contributed by atoms with Crippen molar-refractivity contribution in [3.8, 4) is 0 Å². The number of carbonyl (C=O) groups excluding carboxylic acids is 1. The van der Waals surface area contributed by atoms with Crippen LogP contribution in [0.3, 0.4) is 0 Å². The summed E-state index contributed by atoms with van der Waals surface area (Å²) in [6.07, 6.45) is 3.42. The highest BCUT2D eigenvalue weighted by Crippen LogP contribution is 2.60. The topological polar surface area (TPSA) is 46.5 Å². The molecule has 4 atom stereocenters. The van der Waals surface area contributed by atoms with Crippen LogP contribution in [0, 0.1) is 22.7 Å². The molecule has 0 spiro atoms. The van der Waals surface area contributed by atoms with E-state index in [0.717, 1.165) is 25.7 Å². The predicted octanol–water partition coefficient (Wildman–Crippen LogP) is 2.93. The van der Waals surface area contributed by atoms with Crippen molar-refractivity contribution in [3.05, 3.63) is 12.2 Å². The van der Waals surface area contributed by atoms with Gasteiger partial charge in [-0.25, -0.2) is 0 Å². The van der Waals surface area contributed by atoms with E-state index in [4.69, 9.17) is 4.74 Å². The van der Waals surface area contributed by atoms with Gasteiger partial charge in [-0.05, 0) is 41.6 Å². The Kier molecular flexibility index (Phi) is 3.54. The van der Waals surface area contributed by atoms with Crippen molar-refractivity contribution < 1.29 is 14.6 Å². The Labute approximate surface area is 116 Å². The number of esters is 1. The van der Waals surface area contributed by atoms with Crippen LogP contribution in [0.5, 0.6) is 0 Å². The summed E-state index contributed by atoms with van der Waals surface area (Å²) in [6.45, 7) is 10.7. The van der Waals surface area contributed by atoms with Crippen LogP contribution in [-0.4, -0.2) is 24.3 Å². The standard InChI is InChI=1S/C16H26O3/c1-10-11(17)9-12-15(2,3)7-6-8-16(12,4)13(10)14(18)19-5/h11-13,17H,1,6-9H2,2-5H3. The fourth-order valence-corrected chi connectivity index (χ4v) is 4.63. The van der Waals surface area contributed by atoms with Gasteiger partial charge in [0, 0.05) is 0 Å². The molecule has 19 heavy (non-hydrogen) atoms. The average molecular weight is 266 g/mol. The Balaban J connectivity index is 2.46. The van der Waals surface area contributed by atoms with Gasteiger partial charge in [0.2, 0.25) is 0 Å². The second-order valence-corrected chi connectivity index (χ2v) is 7.18. The van der Waals surface area contributed by atoms with Crippen molar-refractivity contribution in [3.63, 3.8) is 0 Å². The van der Waals surface area contributed by atoms with E-state index in [2.05, 4.69) is 27.4 Å². The molecule has 2 aliphatic carbocycles. The van der Waals surface area contributed by atoms with Gasteiger partial charge in [0.15, 0.2) is 0 Å². The van der Waals surface area contributed by atoms with Crippen LogP contribution in [0.25, 0.3) is 0 Å². The molecule has 2 fully saturated rings. The van der Waals surface area contributed by atoms with Gasteiger partial charge in [0.05, 0.1) is 19.1 Å². The van der Waals surface area contributed by atoms with Gasteiger partial charge in [-0.3, -0.25) is 4.79 Å². The van der Waals surface area contributed by atoms with E-state index in [1.807, 2.05) is 0 Å². The van der Waals surface area contributed by atoms with E-state index in [-0.39, 0.29) is 22.7 Å². The van der Waals surface area contributed by atoms with Crippen molar-refractivity contribution in [2.75, 3.05) is 7.11 Å². The largest absolute Gasteiger partial charge is 0.469 e. The summed E-state index contributed by atoms with van der Waals surface area (Å²) in [7, 11) is 1.42. The van der Waals surface area contributed by atoms with Crippen LogP contribution in [0.1, 0.15) is 46.5 Å². The smallest absolute Gasteiger partial charge is 0.313 e. The Hall–Kier alpha value is -0.830. The quantitative estimate of drug-likeness (QED) is 0.586. The van der Waals surface area contributed by atoms with Gasteiger partial charge in [-0.1, -0.05) is 33.8 Å². The van der Waals surface area contributed by atoms with Gasteiger partial charge in [0.25, 0.3) is 0 Å². The highest BCUT2D eigenvalue weighted by Gasteiger charge is 2.57. The summed E-state index contributed by atoms with van der Waals surface area (Å²) in [5, 5.41) is 10.3. The zero-order chi connectivity index (χ0) is 14.4. The molecule has 2 aliphatic rings. The monoisotopic (exact) mass is 266 g/mol. The first-order valence-corrected chi connectivity index (χ1v) is 7.18. The van der Waals surface area contributed by atoms with Crippen molar-refractivity contribution >= 4 is 5.97 Å². The van der Waals surface area contributed by atoms with E-state index in [0.29, 0.717) is 11.5 Å². The molecule has 4 unspecified atom stereocenters. The predicted molar refractivity (Wildman–Crippen MR) is 74.5 cm³/mol. The summed E-state index contributed by atoms with van der Waals surface area (Å²) >= 11 is 0. The highest BCUT2D eigenvalue weighted by atomic mass is 16.5. The molecule has 0 radical (unpaired) electrons. The zero-order valence-corrected chi connectivity index (χ0v) is 12.5. The Morgan fingerprint density at radius 2 is 2.00 bits per heavy atom. The third kappa shape index (κ3) is 2.12. The molecule has 1 N–H and O–H groups in total. The average Bonchev–Trinajstić information content (AvgIpc) is 2.32. The second kappa shape index (κ2) is 4.62. The lowest BCUT2D eigenvalue weighted by Gasteiger charge is -2.57.